The molecule has 32 heavy (non-hydrogen) atoms. The van der Waals surface area contributed by atoms with Crippen molar-refractivity contribution < 1.29 is 0 Å². The fourth-order valence-corrected chi connectivity index (χ4v) is 5.40. The standard InChI is InChI=1S/C26H26N6/c1-18-10-11-28-24(16-18)30-12-14-31(15-13-30)26-20-7-3-2-6-19(20)21(17-27)25-29-22-8-4-5-9-23(22)32(25)26/h4-5,8-11,16H,2-3,6-7,12-15H2,1H3. The van der Waals surface area contributed by atoms with Gasteiger partial charge in [-0.3, -0.25) is 4.40 Å². The van der Waals surface area contributed by atoms with Crippen LogP contribution >= 0.6 is 0 Å². The molecule has 0 amide bonds. The quantitative estimate of drug-likeness (QED) is 0.483. The Kier molecular flexibility index (Phi) is 4.50. The predicted molar refractivity (Wildman–Crippen MR) is 127 cm³/mol. The molecule has 1 aliphatic heterocycles. The Labute approximate surface area is 187 Å². The van der Waals surface area contributed by atoms with Crippen LogP contribution in [0.2, 0.25) is 0 Å². The summed E-state index contributed by atoms with van der Waals surface area (Å²) < 4.78 is 2.26. The minimum absolute atomic E-state index is 0.766. The molecule has 0 atom stereocenters. The third-order valence-corrected chi connectivity index (χ3v) is 6.95. The highest BCUT2D eigenvalue weighted by molar-refractivity contribution is 5.86. The summed E-state index contributed by atoms with van der Waals surface area (Å²) in [6, 6.07) is 15.0. The molecule has 1 aromatic carbocycles. The summed E-state index contributed by atoms with van der Waals surface area (Å²) in [5.74, 6) is 2.31. The first-order valence-electron chi connectivity index (χ1n) is 11.5. The molecule has 1 aliphatic carbocycles. The van der Waals surface area contributed by atoms with E-state index in [4.69, 9.17) is 4.98 Å². The molecule has 3 aromatic heterocycles. The highest BCUT2D eigenvalue weighted by Crippen LogP contribution is 2.37. The van der Waals surface area contributed by atoms with Gasteiger partial charge in [-0.05, 0) is 73.6 Å². The van der Waals surface area contributed by atoms with E-state index in [1.54, 1.807) is 0 Å². The molecule has 6 nitrogen and oxygen atoms in total. The Morgan fingerprint density at radius 2 is 1.69 bits per heavy atom. The van der Waals surface area contributed by atoms with Crippen molar-refractivity contribution in [2.45, 2.75) is 32.6 Å². The second-order valence-electron chi connectivity index (χ2n) is 8.90. The molecule has 1 saturated heterocycles. The van der Waals surface area contributed by atoms with Crippen LogP contribution in [-0.2, 0) is 12.8 Å². The second-order valence-corrected chi connectivity index (χ2v) is 8.90. The molecule has 0 radical (unpaired) electrons. The Morgan fingerprint density at radius 1 is 0.938 bits per heavy atom. The summed E-state index contributed by atoms with van der Waals surface area (Å²) in [7, 11) is 0. The fraction of sp³-hybridized carbons (Fsp3) is 0.346. The van der Waals surface area contributed by atoms with E-state index in [0.29, 0.717) is 0 Å². The van der Waals surface area contributed by atoms with Crippen molar-refractivity contribution in [2.75, 3.05) is 36.0 Å². The largest absolute Gasteiger partial charge is 0.354 e. The van der Waals surface area contributed by atoms with Crippen molar-refractivity contribution in [2.24, 2.45) is 0 Å². The van der Waals surface area contributed by atoms with E-state index in [1.807, 2.05) is 24.4 Å². The van der Waals surface area contributed by atoms with Gasteiger partial charge in [0.1, 0.15) is 17.7 Å². The minimum atomic E-state index is 0.766. The third-order valence-electron chi connectivity index (χ3n) is 6.95. The number of aromatic nitrogens is 3. The van der Waals surface area contributed by atoms with E-state index in [0.717, 1.165) is 73.5 Å². The number of fused-ring (bicyclic) bond motifs is 4. The SMILES string of the molecule is Cc1ccnc(N2CCN(c3c4c(c(C#N)c5nc6ccccc6n35)CCCC4)CC2)c1. The maximum atomic E-state index is 10.1. The summed E-state index contributed by atoms with van der Waals surface area (Å²) in [6.45, 7) is 5.83. The molecule has 6 rings (SSSR count). The van der Waals surface area contributed by atoms with Gasteiger partial charge in [0, 0.05) is 32.4 Å². The number of nitrogens with zero attached hydrogens (tertiary/aromatic N) is 6. The van der Waals surface area contributed by atoms with Gasteiger partial charge in [-0.25, -0.2) is 9.97 Å². The predicted octanol–water partition coefficient (Wildman–Crippen LogP) is 4.27. The van der Waals surface area contributed by atoms with Crippen LogP contribution in [0.1, 0.15) is 35.1 Å². The van der Waals surface area contributed by atoms with E-state index in [2.05, 4.69) is 50.4 Å². The zero-order chi connectivity index (χ0) is 21.7. The van der Waals surface area contributed by atoms with Gasteiger partial charge in [0.15, 0.2) is 5.65 Å². The van der Waals surface area contributed by atoms with Crippen LogP contribution in [-0.4, -0.2) is 40.5 Å². The molecule has 0 bridgehead atoms. The number of rotatable bonds is 2. The number of piperazine rings is 1. The van der Waals surface area contributed by atoms with Crippen LogP contribution < -0.4 is 9.80 Å². The van der Waals surface area contributed by atoms with Gasteiger partial charge in [0.25, 0.3) is 0 Å². The molecule has 0 spiro atoms. The van der Waals surface area contributed by atoms with Gasteiger partial charge < -0.3 is 9.80 Å². The minimum Gasteiger partial charge on any atom is -0.354 e. The number of benzene rings is 1. The Hall–Kier alpha value is -3.59. The summed E-state index contributed by atoms with van der Waals surface area (Å²) in [5.41, 5.74) is 7.44. The fourth-order valence-electron chi connectivity index (χ4n) is 5.40. The van der Waals surface area contributed by atoms with E-state index in [9.17, 15) is 5.26 Å². The lowest BCUT2D eigenvalue weighted by Gasteiger charge is -2.39. The number of nitriles is 1. The third kappa shape index (κ3) is 2.92. The van der Waals surface area contributed by atoms with Gasteiger partial charge >= 0.3 is 0 Å². The van der Waals surface area contributed by atoms with Crippen molar-refractivity contribution in [3.63, 3.8) is 0 Å². The first kappa shape index (κ1) is 19.1. The van der Waals surface area contributed by atoms with Crippen molar-refractivity contribution in [3.8, 4) is 6.07 Å². The molecule has 4 heterocycles. The molecule has 0 saturated carbocycles. The molecule has 0 N–H and O–H groups in total. The molecule has 2 aliphatic rings. The topological polar surface area (TPSA) is 60.5 Å². The maximum absolute atomic E-state index is 10.1. The van der Waals surface area contributed by atoms with Crippen LogP contribution in [0, 0.1) is 18.3 Å². The number of hydrogen-bond acceptors (Lipinski definition) is 5. The summed E-state index contributed by atoms with van der Waals surface area (Å²) in [4.78, 5) is 14.4. The number of anilines is 2. The molecule has 160 valence electrons. The van der Waals surface area contributed by atoms with E-state index < -0.39 is 0 Å². The molecule has 6 heteroatoms. The summed E-state index contributed by atoms with van der Waals surface area (Å²) in [6.07, 6.45) is 6.22. The van der Waals surface area contributed by atoms with E-state index >= 15 is 0 Å². The number of aryl methyl sites for hydroxylation is 1. The summed E-state index contributed by atoms with van der Waals surface area (Å²) in [5, 5.41) is 10.1. The maximum Gasteiger partial charge on any atom is 0.157 e. The molecular formula is C26H26N6. The van der Waals surface area contributed by atoms with Crippen LogP contribution in [0.25, 0.3) is 16.7 Å². The highest BCUT2D eigenvalue weighted by Gasteiger charge is 2.29. The van der Waals surface area contributed by atoms with Gasteiger partial charge in [-0.1, -0.05) is 12.1 Å². The van der Waals surface area contributed by atoms with Crippen molar-refractivity contribution in [1.82, 2.24) is 14.4 Å². The second kappa shape index (κ2) is 7.52. The molecule has 1 fully saturated rings. The normalized spacial score (nSPS) is 16.4. The van der Waals surface area contributed by atoms with Gasteiger partial charge in [0.2, 0.25) is 0 Å². The Balaban J connectivity index is 1.48. The zero-order valence-electron chi connectivity index (χ0n) is 18.4. The van der Waals surface area contributed by atoms with Gasteiger partial charge in [-0.2, -0.15) is 5.26 Å². The average Bonchev–Trinajstić information content (AvgIpc) is 3.22. The van der Waals surface area contributed by atoms with E-state index in [1.165, 1.54) is 28.9 Å². The van der Waals surface area contributed by atoms with Crippen molar-refractivity contribution >= 4 is 28.3 Å². The smallest absolute Gasteiger partial charge is 0.157 e. The van der Waals surface area contributed by atoms with Crippen LogP contribution in [0.5, 0.6) is 0 Å². The number of hydrogen-bond donors (Lipinski definition) is 0. The number of imidazole rings is 1. The zero-order valence-corrected chi connectivity index (χ0v) is 18.4. The lowest BCUT2D eigenvalue weighted by molar-refractivity contribution is 0.625. The summed E-state index contributed by atoms with van der Waals surface area (Å²) >= 11 is 0. The van der Waals surface area contributed by atoms with Crippen LogP contribution in [0.3, 0.4) is 0 Å². The molecular weight excluding hydrogens is 396 g/mol. The van der Waals surface area contributed by atoms with Gasteiger partial charge in [0.05, 0.1) is 16.6 Å². The van der Waals surface area contributed by atoms with E-state index in [-0.39, 0.29) is 0 Å². The average molecular weight is 423 g/mol. The van der Waals surface area contributed by atoms with Gasteiger partial charge in [-0.15, -0.1) is 0 Å². The lowest BCUT2D eigenvalue weighted by atomic mass is 9.88. The molecule has 0 unspecified atom stereocenters. The number of para-hydroxylation sites is 2. The Bertz CT molecular complexity index is 1370. The first-order valence-corrected chi connectivity index (χ1v) is 11.5. The Morgan fingerprint density at radius 3 is 2.47 bits per heavy atom. The van der Waals surface area contributed by atoms with Crippen LogP contribution in [0.15, 0.2) is 42.6 Å². The van der Waals surface area contributed by atoms with Crippen LogP contribution in [0.4, 0.5) is 11.6 Å². The first-order chi connectivity index (χ1) is 15.7. The van der Waals surface area contributed by atoms with Crippen molar-refractivity contribution in [1.29, 1.82) is 5.26 Å². The number of pyridine rings is 2. The van der Waals surface area contributed by atoms with Crippen molar-refractivity contribution in [3.05, 3.63) is 64.8 Å². The monoisotopic (exact) mass is 422 g/mol. The highest BCUT2D eigenvalue weighted by atomic mass is 15.3. The molecule has 4 aromatic rings. The lowest BCUT2D eigenvalue weighted by Crippen LogP contribution is -2.48.